The molecule has 2 aliphatic heterocycles. The molecule has 2 saturated heterocycles. The zero-order valence-electron chi connectivity index (χ0n) is 11.2. The van der Waals surface area contributed by atoms with Crippen molar-refractivity contribution in [2.24, 2.45) is 4.99 Å². The molecule has 1 aromatic carbocycles. The van der Waals surface area contributed by atoms with Crippen molar-refractivity contribution in [2.45, 2.75) is 0 Å². The van der Waals surface area contributed by atoms with E-state index in [4.69, 9.17) is 4.74 Å². The molecule has 2 fully saturated rings. The molecule has 0 atom stereocenters. The molecule has 3 rings (SSSR count). The SMILES string of the molecule is O=C1CSC(=NCN2CCOCC2)N1c1ccccc1. The van der Waals surface area contributed by atoms with E-state index in [0.717, 1.165) is 37.2 Å². The number of amides is 1. The Morgan fingerprint density at radius 2 is 1.95 bits per heavy atom. The first-order valence-corrected chi connectivity index (χ1v) is 7.68. The zero-order chi connectivity index (χ0) is 13.8. The maximum absolute atomic E-state index is 12.0. The second kappa shape index (κ2) is 6.39. The Kier molecular flexibility index (Phi) is 4.34. The molecule has 0 aromatic heterocycles. The topological polar surface area (TPSA) is 45.1 Å². The number of morpholine rings is 1. The molecule has 20 heavy (non-hydrogen) atoms. The van der Waals surface area contributed by atoms with Gasteiger partial charge in [0.2, 0.25) is 5.91 Å². The van der Waals surface area contributed by atoms with Crippen molar-refractivity contribution < 1.29 is 9.53 Å². The monoisotopic (exact) mass is 291 g/mol. The number of ether oxygens (including phenoxy) is 1. The fraction of sp³-hybridized carbons (Fsp3) is 0.429. The van der Waals surface area contributed by atoms with E-state index in [0.29, 0.717) is 12.4 Å². The van der Waals surface area contributed by atoms with Gasteiger partial charge in [0.25, 0.3) is 0 Å². The maximum atomic E-state index is 12.0. The smallest absolute Gasteiger partial charge is 0.243 e. The van der Waals surface area contributed by atoms with Gasteiger partial charge in [0.05, 0.1) is 31.3 Å². The normalized spacial score (nSPS) is 22.7. The zero-order valence-corrected chi connectivity index (χ0v) is 12.0. The van der Waals surface area contributed by atoms with E-state index in [9.17, 15) is 4.79 Å². The van der Waals surface area contributed by atoms with Gasteiger partial charge >= 0.3 is 0 Å². The van der Waals surface area contributed by atoms with Gasteiger partial charge in [-0.1, -0.05) is 30.0 Å². The van der Waals surface area contributed by atoms with Crippen LogP contribution in [-0.2, 0) is 9.53 Å². The van der Waals surface area contributed by atoms with Gasteiger partial charge in [-0.15, -0.1) is 0 Å². The van der Waals surface area contributed by atoms with Crippen molar-refractivity contribution in [1.82, 2.24) is 4.90 Å². The van der Waals surface area contributed by atoms with Crippen molar-refractivity contribution in [3.05, 3.63) is 30.3 Å². The van der Waals surface area contributed by atoms with Crippen LogP contribution in [0.25, 0.3) is 0 Å². The highest BCUT2D eigenvalue weighted by Crippen LogP contribution is 2.26. The van der Waals surface area contributed by atoms with E-state index in [1.165, 1.54) is 11.8 Å². The number of aliphatic imine (C=N–C) groups is 1. The summed E-state index contributed by atoms with van der Waals surface area (Å²) < 4.78 is 5.32. The molecule has 5 nitrogen and oxygen atoms in total. The van der Waals surface area contributed by atoms with Crippen LogP contribution in [0.15, 0.2) is 35.3 Å². The van der Waals surface area contributed by atoms with E-state index < -0.39 is 0 Å². The highest BCUT2D eigenvalue weighted by molar-refractivity contribution is 8.15. The number of hydrogen-bond donors (Lipinski definition) is 0. The fourth-order valence-corrected chi connectivity index (χ4v) is 3.08. The molecule has 2 heterocycles. The second-order valence-electron chi connectivity index (χ2n) is 4.67. The minimum atomic E-state index is 0.0990. The van der Waals surface area contributed by atoms with Gasteiger partial charge in [0, 0.05) is 13.1 Å². The first-order chi connectivity index (χ1) is 9.84. The Morgan fingerprint density at radius 1 is 1.20 bits per heavy atom. The predicted molar refractivity (Wildman–Crippen MR) is 81.1 cm³/mol. The number of hydrogen-bond acceptors (Lipinski definition) is 5. The first kappa shape index (κ1) is 13.6. The summed E-state index contributed by atoms with van der Waals surface area (Å²) in [7, 11) is 0. The number of carbonyl (C=O) groups is 1. The summed E-state index contributed by atoms with van der Waals surface area (Å²) in [5, 5.41) is 0.799. The third kappa shape index (κ3) is 3.03. The molecule has 0 radical (unpaired) electrons. The molecule has 2 aliphatic rings. The van der Waals surface area contributed by atoms with Gasteiger partial charge in [-0.2, -0.15) is 0 Å². The van der Waals surface area contributed by atoms with Crippen molar-refractivity contribution >= 4 is 28.5 Å². The van der Waals surface area contributed by atoms with Crippen LogP contribution in [0.5, 0.6) is 0 Å². The third-order valence-corrected chi connectivity index (χ3v) is 4.25. The van der Waals surface area contributed by atoms with Crippen LogP contribution in [0.1, 0.15) is 0 Å². The van der Waals surface area contributed by atoms with Gasteiger partial charge in [-0.25, -0.2) is 4.99 Å². The molecule has 0 N–H and O–H groups in total. The Labute approximate surface area is 122 Å². The first-order valence-electron chi connectivity index (χ1n) is 6.70. The average molecular weight is 291 g/mol. The molecule has 6 heteroatoms. The lowest BCUT2D eigenvalue weighted by Crippen LogP contribution is -2.37. The Morgan fingerprint density at radius 3 is 2.70 bits per heavy atom. The summed E-state index contributed by atoms with van der Waals surface area (Å²) in [5.74, 6) is 0.568. The number of benzene rings is 1. The number of nitrogens with zero attached hydrogens (tertiary/aromatic N) is 3. The van der Waals surface area contributed by atoms with E-state index in [-0.39, 0.29) is 5.91 Å². The minimum absolute atomic E-state index is 0.0990. The summed E-state index contributed by atoms with van der Waals surface area (Å²) in [6.45, 7) is 3.96. The molecule has 106 valence electrons. The minimum Gasteiger partial charge on any atom is -0.379 e. The van der Waals surface area contributed by atoms with Crippen molar-refractivity contribution in [2.75, 3.05) is 43.6 Å². The summed E-state index contributed by atoms with van der Waals surface area (Å²) in [6, 6.07) is 9.69. The lowest BCUT2D eigenvalue weighted by molar-refractivity contribution is -0.115. The highest BCUT2D eigenvalue weighted by atomic mass is 32.2. The molecule has 0 bridgehead atoms. The van der Waals surface area contributed by atoms with Crippen LogP contribution < -0.4 is 4.90 Å². The fourth-order valence-electron chi connectivity index (χ4n) is 2.21. The summed E-state index contributed by atoms with van der Waals surface area (Å²) in [4.78, 5) is 20.6. The highest BCUT2D eigenvalue weighted by Gasteiger charge is 2.29. The molecule has 0 saturated carbocycles. The van der Waals surface area contributed by atoms with Gasteiger partial charge < -0.3 is 4.74 Å². The van der Waals surface area contributed by atoms with Gasteiger partial charge in [0.1, 0.15) is 0 Å². The van der Waals surface area contributed by atoms with Gasteiger partial charge in [0.15, 0.2) is 5.17 Å². The second-order valence-corrected chi connectivity index (χ2v) is 5.61. The quantitative estimate of drug-likeness (QED) is 0.845. The summed E-state index contributed by atoms with van der Waals surface area (Å²) in [6.07, 6.45) is 0. The van der Waals surface area contributed by atoms with Crippen LogP contribution in [0.3, 0.4) is 0 Å². The van der Waals surface area contributed by atoms with Gasteiger partial charge in [-0.05, 0) is 12.1 Å². The van der Waals surface area contributed by atoms with Crippen LogP contribution in [-0.4, -0.2) is 54.7 Å². The summed E-state index contributed by atoms with van der Waals surface area (Å²) >= 11 is 1.51. The number of carbonyl (C=O) groups excluding carboxylic acids is 1. The van der Waals surface area contributed by atoms with E-state index in [2.05, 4.69) is 9.89 Å². The number of para-hydroxylation sites is 1. The number of thioether (sulfide) groups is 1. The molecule has 0 aliphatic carbocycles. The Bertz CT molecular complexity index is 500. The third-order valence-electron chi connectivity index (χ3n) is 3.29. The molecule has 0 unspecified atom stereocenters. The standard InChI is InChI=1S/C14H17N3O2S/c18-13-10-20-14(15-11-16-6-8-19-9-7-16)17(13)12-4-2-1-3-5-12/h1-5H,6-11H2. The Hall–Kier alpha value is -1.37. The van der Waals surface area contributed by atoms with E-state index in [1.807, 2.05) is 30.3 Å². The molecular weight excluding hydrogens is 274 g/mol. The van der Waals surface area contributed by atoms with Gasteiger partial charge in [-0.3, -0.25) is 14.6 Å². The van der Waals surface area contributed by atoms with Crippen LogP contribution in [0.4, 0.5) is 5.69 Å². The number of rotatable bonds is 3. The lowest BCUT2D eigenvalue weighted by atomic mass is 10.3. The number of amidine groups is 1. The van der Waals surface area contributed by atoms with Crippen LogP contribution in [0, 0.1) is 0 Å². The Balaban J connectivity index is 1.72. The molecular formula is C14H17N3O2S. The van der Waals surface area contributed by atoms with Crippen molar-refractivity contribution in [3.8, 4) is 0 Å². The molecule has 0 spiro atoms. The van der Waals surface area contributed by atoms with Crippen molar-refractivity contribution in [3.63, 3.8) is 0 Å². The van der Waals surface area contributed by atoms with E-state index >= 15 is 0 Å². The summed E-state index contributed by atoms with van der Waals surface area (Å²) in [5.41, 5.74) is 0.892. The number of anilines is 1. The lowest BCUT2D eigenvalue weighted by Gasteiger charge is -2.25. The van der Waals surface area contributed by atoms with E-state index in [1.54, 1.807) is 4.90 Å². The van der Waals surface area contributed by atoms with Crippen LogP contribution in [0.2, 0.25) is 0 Å². The van der Waals surface area contributed by atoms with Crippen LogP contribution >= 0.6 is 11.8 Å². The molecule has 1 aromatic rings. The largest absolute Gasteiger partial charge is 0.379 e. The predicted octanol–water partition coefficient (Wildman–Crippen LogP) is 1.41. The van der Waals surface area contributed by atoms with Crippen molar-refractivity contribution in [1.29, 1.82) is 0 Å². The maximum Gasteiger partial charge on any atom is 0.243 e. The molecule has 1 amide bonds. The average Bonchev–Trinajstić information content (AvgIpc) is 2.88.